The molecule has 1 saturated heterocycles. The second-order valence-electron chi connectivity index (χ2n) is 10.9. The van der Waals surface area contributed by atoms with E-state index in [0.717, 1.165) is 6.42 Å². The number of ether oxygens (including phenoxy) is 4. The van der Waals surface area contributed by atoms with Gasteiger partial charge in [0.2, 0.25) is 0 Å². The van der Waals surface area contributed by atoms with Crippen LogP contribution in [0.3, 0.4) is 0 Å². The number of aromatic nitrogens is 2. The van der Waals surface area contributed by atoms with E-state index in [1.165, 1.54) is 19.2 Å². The molecule has 7 nitrogen and oxygen atoms in total. The van der Waals surface area contributed by atoms with Gasteiger partial charge in [-0.15, -0.1) is 0 Å². The van der Waals surface area contributed by atoms with Crippen molar-refractivity contribution in [3.8, 4) is 22.6 Å². The van der Waals surface area contributed by atoms with Gasteiger partial charge in [0.05, 0.1) is 36.4 Å². The smallest absolute Gasteiger partial charge is 0.337 e. The SMILES string of the molecule is COC(=O)c1ccc2nc(Cc3cc(F)c(-c4cccc5c4OC(c4ccc(Cl)cc4Cl)CO5)cc3F)n(C[C@@H]3CCO3)c2c1. The fraction of sp³-hybridized carbons (Fsp3) is 0.235. The monoisotopic (exact) mass is 650 g/mol. The molecule has 2 aliphatic rings. The van der Waals surface area contributed by atoms with Crippen molar-refractivity contribution >= 4 is 40.2 Å². The summed E-state index contributed by atoms with van der Waals surface area (Å²) >= 11 is 12.5. The highest BCUT2D eigenvalue weighted by molar-refractivity contribution is 6.35. The lowest BCUT2D eigenvalue weighted by Gasteiger charge is -2.29. The third kappa shape index (κ3) is 5.60. The minimum atomic E-state index is -0.631. The summed E-state index contributed by atoms with van der Waals surface area (Å²) < 4.78 is 56.4. The van der Waals surface area contributed by atoms with Crippen LogP contribution in [0.15, 0.2) is 66.7 Å². The van der Waals surface area contributed by atoms with Crippen LogP contribution in [0.25, 0.3) is 22.2 Å². The van der Waals surface area contributed by atoms with E-state index in [0.29, 0.717) is 62.5 Å². The molecule has 11 heteroatoms. The number of fused-ring (bicyclic) bond motifs is 2. The van der Waals surface area contributed by atoms with Crippen molar-refractivity contribution in [2.45, 2.75) is 31.6 Å². The van der Waals surface area contributed by atoms with Gasteiger partial charge >= 0.3 is 5.97 Å². The van der Waals surface area contributed by atoms with Crippen molar-refractivity contribution in [1.29, 1.82) is 0 Å². The van der Waals surface area contributed by atoms with Crippen LogP contribution < -0.4 is 9.47 Å². The average molecular weight is 651 g/mol. The molecule has 45 heavy (non-hydrogen) atoms. The molecule has 4 aromatic carbocycles. The predicted octanol–water partition coefficient (Wildman–Crippen LogP) is 7.97. The van der Waals surface area contributed by atoms with E-state index in [9.17, 15) is 4.79 Å². The molecule has 7 rings (SSSR count). The number of rotatable bonds is 7. The number of hydrogen-bond acceptors (Lipinski definition) is 6. The minimum Gasteiger partial charge on any atom is -0.485 e. The lowest BCUT2D eigenvalue weighted by Crippen LogP contribution is -2.31. The summed E-state index contributed by atoms with van der Waals surface area (Å²) in [7, 11) is 1.32. The summed E-state index contributed by atoms with van der Waals surface area (Å²) in [5.74, 6) is -0.495. The van der Waals surface area contributed by atoms with Crippen molar-refractivity contribution < 1.29 is 32.5 Å². The average Bonchev–Trinajstić information content (AvgIpc) is 3.35. The Balaban J connectivity index is 1.23. The number of methoxy groups -OCH3 is 1. The number of benzene rings is 4. The van der Waals surface area contributed by atoms with Crippen LogP contribution in [-0.4, -0.2) is 41.9 Å². The van der Waals surface area contributed by atoms with Crippen LogP contribution in [0.2, 0.25) is 10.0 Å². The van der Waals surface area contributed by atoms with Crippen LogP contribution in [-0.2, 0) is 22.4 Å². The molecule has 0 aliphatic carbocycles. The van der Waals surface area contributed by atoms with Crippen molar-refractivity contribution in [2.24, 2.45) is 0 Å². The molecule has 3 heterocycles. The van der Waals surface area contributed by atoms with Gasteiger partial charge in [0.15, 0.2) is 17.6 Å². The van der Waals surface area contributed by atoms with Crippen LogP contribution in [0.4, 0.5) is 8.78 Å². The molecular formula is C34H26Cl2F2N2O5. The molecule has 0 amide bonds. The second-order valence-corrected chi connectivity index (χ2v) is 11.8. The summed E-state index contributed by atoms with van der Waals surface area (Å²) in [5, 5.41) is 0.895. The largest absolute Gasteiger partial charge is 0.485 e. The molecule has 0 N–H and O–H groups in total. The Morgan fingerprint density at radius 3 is 2.64 bits per heavy atom. The normalized spacial score (nSPS) is 17.3. The van der Waals surface area contributed by atoms with Crippen LogP contribution in [0.1, 0.15) is 39.8 Å². The number of carbonyl (C=O) groups excluding carboxylic acids is 1. The van der Waals surface area contributed by atoms with E-state index in [1.807, 2.05) is 4.57 Å². The zero-order chi connectivity index (χ0) is 31.2. The number of imidazole rings is 1. The zero-order valence-electron chi connectivity index (χ0n) is 24.0. The topological polar surface area (TPSA) is 71.8 Å². The molecule has 0 radical (unpaired) electrons. The highest BCUT2D eigenvalue weighted by atomic mass is 35.5. The van der Waals surface area contributed by atoms with E-state index in [4.69, 9.17) is 47.1 Å². The number of halogens is 4. The fourth-order valence-corrected chi connectivity index (χ4v) is 6.24. The summed E-state index contributed by atoms with van der Waals surface area (Å²) in [6, 6.07) is 17.5. The maximum Gasteiger partial charge on any atom is 0.337 e. The maximum absolute atomic E-state index is 15.9. The Bertz CT molecular complexity index is 1960. The van der Waals surface area contributed by atoms with Gasteiger partial charge < -0.3 is 23.5 Å². The van der Waals surface area contributed by atoms with Crippen molar-refractivity contribution in [3.63, 3.8) is 0 Å². The Morgan fingerprint density at radius 2 is 1.89 bits per heavy atom. The molecule has 230 valence electrons. The summed E-state index contributed by atoms with van der Waals surface area (Å²) in [4.78, 5) is 16.9. The number of nitrogens with zero attached hydrogens (tertiary/aromatic N) is 2. The van der Waals surface area contributed by atoms with E-state index in [-0.39, 0.29) is 36.0 Å². The third-order valence-electron chi connectivity index (χ3n) is 8.14. The number of hydrogen-bond donors (Lipinski definition) is 0. The van der Waals surface area contributed by atoms with Crippen molar-refractivity contribution in [1.82, 2.24) is 9.55 Å². The molecule has 0 saturated carbocycles. The summed E-state index contributed by atoms with van der Waals surface area (Å²) in [6.07, 6.45) is 0.265. The first-order valence-corrected chi connectivity index (χ1v) is 15.1. The standard InChI is InChI=1S/C34H26Cl2F2N2O5/c1-42-34(41)18-5-8-28-29(12-18)40(16-21-9-10-43-21)32(39-28)13-19-11-27(38)24(15-26(19)37)22-3-2-4-30-33(22)45-31(17-44-30)23-7-6-20(35)14-25(23)36/h2-8,11-12,14-15,21,31H,9-10,13,16-17H2,1H3/t21-,31?/m0/s1. The second kappa shape index (κ2) is 12.0. The molecule has 5 aromatic rings. The summed E-state index contributed by atoms with van der Waals surface area (Å²) in [5.41, 5.74) is 2.84. The van der Waals surface area contributed by atoms with E-state index in [2.05, 4.69) is 0 Å². The number of esters is 1. The van der Waals surface area contributed by atoms with Crippen LogP contribution >= 0.6 is 23.2 Å². The molecule has 2 atom stereocenters. The Kier molecular flexibility index (Phi) is 7.85. The summed E-state index contributed by atoms with van der Waals surface area (Å²) in [6.45, 7) is 1.30. The van der Waals surface area contributed by atoms with E-state index < -0.39 is 23.7 Å². The Morgan fingerprint density at radius 1 is 1.04 bits per heavy atom. The van der Waals surface area contributed by atoms with E-state index in [1.54, 1.807) is 54.6 Å². The van der Waals surface area contributed by atoms with Crippen molar-refractivity contribution in [3.05, 3.63) is 111 Å². The Labute approximate surface area is 267 Å². The predicted molar refractivity (Wildman–Crippen MR) is 165 cm³/mol. The molecule has 1 fully saturated rings. The molecule has 0 bridgehead atoms. The lowest BCUT2D eigenvalue weighted by atomic mass is 9.99. The van der Waals surface area contributed by atoms with Crippen LogP contribution in [0.5, 0.6) is 11.5 Å². The molecule has 0 spiro atoms. The van der Waals surface area contributed by atoms with Gasteiger partial charge in [0.25, 0.3) is 0 Å². The quantitative estimate of drug-likeness (QED) is 0.166. The van der Waals surface area contributed by atoms with Gasteiger partial charge in [-0.05, 0) is 60.5 Å². The maximum atomic E-state index is 15.9. The fourth-order valence-electron chi connectivity index (χ4n) is 5.71. The van der Waals surface area contributed by atoms with Crippen molar-refractivity contribution in [2.75, 3.05) is 20.3 Å². The van der Waals surface area contributed by atoms with Gasteiger partial charge in [-0.1, -0.05) is 41.4 Å². The van der Waals surface area contributed by atoms with Gasteiger partial charge in [-0.3, -0.25) is 0 Å². The first-order valence-electron chi connectivity index (χ1n) is 14.3. The number of para-hydroxylation sites is 1. The number of carbonyl (C=O) groups is 1. The van der Waals surface area contributed by atoms with Gasteiger partial charge in [0, 0.05) is 39.8 Å². The minimum absolute atomic E-state index is 0.0155. The van der Waals surface area contributed by atoms with Gasteiger partial charge in [0.1, 0.15) is 24.1 Å². The molecule has 1 unspecified atom stereocenters. The lowest BCUT2D eigenvalue weighted by molar-refractivity contribution is -0.0589. The van der Waals surface area contributed by atoms with E-state index >= 15 is 8.78 Å². The Hall–Kier alpha value is -4.18. The molecule has 1 aromatic heterocycles. The highest BCUT2D eigenvalue weighted by Crippen LogP contribution is 2.45. The van der Waals surface area contributed by atoms with Gasteiger partial charge in [-0.25, -0.2) is 18.6 Å². The first kappa shape index (κ1) is 29.5. The molecule has 2 aliphatic heterocycles. The zero-order valence-corrected chi connectivity index (χ0v) is 25.5. The molecular weight excluding hydrogens is 625 g/mol. The third-order valence-corrected chi connectivity index (χ3v) is 8.70. The first-order chi connectivity index (χ1) is 21.8. The van der Waals surface area contributed by atoms with Gasteiger partial charge in [-0.2, -0.15) is 0 Å². The van der Waals surface area contributed by atoms with Crippen LogP contribution in [0, 0.1) is 11.6 Å². The highest BCUT2D eigenvalue weighted by Gasteiger charge is 2.29.